The maximum atomic E-state index is 14.0. The van der Waals surface area contributed by atoms with Crippen LogP contribution in [-0.4, -0.2) is 75.0 Å². The predicted octanol–water partition coefficient (Wildman–Crippen LogP) is 2.63. The number of aromatic nitrogens is 2. The molecule has 4 aromatic rings. The molecule has 0 bridgehead atoms. The zero-order valence-corrected chi connectivity index (χ0v) is 22.6. The van der Waals surface area contributed by atoms with Crippen molar-refractivity contribution >= 4 is 20.9 Å². The number of aliphatic hydroxyl groups excluding tert-OH is 2. The van der Waals surface area contributed by atoms with E-state index in [4.69, 9.17) is 4.74 Å². The van der Waals surface area contributed by atoms with Gasteiger partial charge in [0.1, 0.15) is 23.9 Å². The smallest absolute Gasteiger partial charge is 0.268 e. The van der Waals surface area contributed by atoms with Crippen molar-refractivity contribution in [3.05, 3.63) is 90.1 Å². The lowest BCUT2D eigenvalue weighted by Gasteiger charge is -2.29. The molecule has 210 valence electrons. The van der Waals surface area contributed by atoms with Gasteiger partial charge in [0.05, 0.1) is 22.3 Å². The molecule has 2 aliphatic rings. The molecule has 1 saturated heterocycles. The van der Waals surface area contributed by atoms with Crippen LogP contribution in [0, 0.1) is 18.7 Å². The normalized spacial score (nSPS) is 25.8. The summed E-state index contributed by atoms with van der Waals surface area (Å²) in [4.78, 5) is 6.37. The Labute approximate surface area is 231 Å². The molecular formula is C29H30FN3O6S. The predicted molar refractivity (Wildman–Crippen MR) is 145 cm³/mol. The number of benzene rings is 2. The fraction of sp³-hybridized carbons (Fsp3) is 0.345. The van der Waals surface area contributed by atoms with E-state index in [1.807, 2.05) is 11.8 Å². The number of aliphatic hydroxyl groups is 3. The maximum Gasteiger partial charge on any atom is 0.268 e. The summed E-state index contributed by atoms with van der Waals surface area (Å²) in [6.07, 6.45) is 0.265. The first-order chi connectivity index (χ1) is 19.1. The Morgan fingerprint density at radius 3 is 2.65 bits per heavy atom. The number of hydrogen-bond acceptors (Lipinski definition) is 8. The zero-order chi connectivity index (χ0) is 28.2. The molecule has 3 heterocycles. The van der Waals surface area contributed by atoms with Gasteiger partial charge in [-0.15, -0.1) is 0 Å². The number of ether oxygens (including phenoxy) is 1. The number of para-hydroxylation sites is 1. The summed E-state index contributed by atoms with van der Waals surface area (Å²) < 4.78 is 47.2. The summed E-state index contributed by atoms with van der Waals surface area (Å²) in [6.45, 7) is 2.57. The van der Waals surface area contributed by atoms with E-state index >= 15 is 0 Å². The van der Waals surface area contributed by atoms with Crippen molar-refractivity contribution < 1.29 is 32.9 Å². The number of aryl methyl sites for hydroxylation is 1. The van der Waals surface area contributed by atoms with Gasteiger partial charge in [0, 0.05) is 37.1 Å². The van der Waals surface area contributed by atoms with Gasteiger partial charge < -0.3 is 20.1 Å². The highest BCUT2D eigenvalue weighted by Crippen LogP contribution is 2.44. The molecule has 2 fully saturated rings. The quantitative estimate of drug-likeness (QED) is 0.311. The van der Waals surface area contributed by atoms with Crippen molar-refractivity contribution in [3.8, 4) is 5.75 Å². The lowest BCUT2D eigenvalue weighted by Crippen LogP contribution is -2.49. The number of likely N-dealkylation sites (tertiary alicyclic amines) is 1. The number of nitrogens with zero attached hydrogens (tertiary/aromatic N) is 3. The van der Waals surface area contributed by atoms with Crippen LogP contribution < -0.4 is 4.74 Å². The highest BCUT2D eigenvalue weighted by atomic mass is 32.2. The second-order valence-electron chi connectivity index (χ2n) is 10.8. The lowest BCUT2D eigenvalue weighted by molar-refractivity contribution is -0.0879. The van der Waals surface area contributed by atoms with Crippen molar-refractivity contribution in [2.24, 2.45) is 5.92 Å². The van der Waals surface area contributed by atoms with Gasteiger partial charge in [-0.3, -0.25) is 9.88 Å². The average Bonchev–Trinajstić information content (AvgIpc) is 3.56. The molecule has 0 spiro atoms. The number of rotatable bonds is 7. The van der Waals surface area contributed by atoms with Crippen LogP contribution >= 0.6 is 0 Å². The van der Waals surface area contributed by atoms with Gasteiger partial charge >= 0.3 is 0 Å². The maximum absolute atomic E-state index is 14.0. The van der Waals surface area contributed by atoms with Crippen LogP contribution in [0.4, 0.5) is 4.39 Å². The van der Waals surface area contributed by atoms with E-state index in [9.17, 15) is 28.1 Å². The second kappa shape index (κ2) is 9.93. The van der Waals surface area contributed by atoms with Crippen LogP contribution in [0.3, 0.4) is 0 Å². The SMILES string of the molecule is Cc1ccc(S(=O)(=O)n2ccc3cc([C@@H](O)CN4C[C@H]5C[C@H](Oc6ccccc6F)[C@H](O)[C@@]5(O)C4)ncc32)cc1. The van der Waals surface area contributed by atoms with Crippen LogP contribution in [0.5, 0.6) is 5.75 Å². The Balaban J connectivity index is 1.14. The number of hydrogen-bond donors (Lipinski definition) is 3. The fourth-order valence-electron chi connectivity index (χ4n) is 5.90. The summed E-state index contributed by atoms with van der Waals surface area (Å²) in [5.74, 6) is -0.816. The van der Waals surface area contributed by atoms with E-state index in [1.165, 1.54) is 28.5 Å². The molecular weight excluding hydrogens is 537 g/mol. The fourth-order valence-corrected chi connectivity index (χ4v) is 7.24. The molecule has 1 aliphatic heterocycles. The third kappa shape index (κ3) is 4.57. The molecule has 9 nitrogen and oxygen atoms in total. The van der Waals surface area contributed by atoms with E-state index in [-0.39, 0.29) is 29.7 Å². The van der Waals surface area contributed by atoms with Gasteiger partial charge in [-0.1, -0.05) is 29.8 Å². The van der Waals surface area contributed by atoms with Crippen molar-refractivity contribution in [1.82, 2.24) is 13.9 Å². The first-order valence-electron chi connectivity index (χ1n) is 13.1. The standard InChI is InChI=1S/C29H30FN3O6S/c1-18-6-8-21(9-7-18)40(37,38)33-11-10-19-12-23(31-14-24(19)33)25(34)16-32-15-20-13-27(28(35)29(20,36)17-32)39-26-5-3-2-4-22(26)30/h2-12,14,20,25,27-28,34-36H,13,15-17H2,1H3/t20-,25+,27+,28+,29-/m1/s1. The third-order valence-electron chi connectivity index (χ3n) is 8.07. The van der Waals surface area contributed by atoms with Gasteiger partial charge in [-0.2, -0.15) is 0 Å². The monoisotopic (exact) mass is 567 g/mol. The number of halogens is 1. The molecule has 40 heavy (non-hydrogen) atoms. The molecule has 11 heteroatoms. The Kier molecular flexibility index (Phi) is 6.67. The van der Waals surface area contributed by atoms with Gasteiger partial charge in [-0.05, 0) is 49.7 Å². The molecule has 1 saturated carbocycles. The van der Waals surface area contributed by atoms with Crippen LogP contribution in [0.2, 0.25) is 0 Å². The minimum atomic E-state index is -3.82. The molecule has 1 aliphatic carbocycles. The van der Waals surface area contributed by atoms with Crippen molar-refractivity contribution in [1.29, 1.82) is 0 Å². The zero-order valence-electron chi connectivity index (χ0n) is 21.8. The molecule has 3 N–H and O–H groups in total. The summed E-state index contributed by atoms with van der Waals surface area (Å²) >= 11 is 0. The summed E-state index contributed by atoms with van der Waals surface area (Å²) in [6, 6.07) is 15.9. The lowest BCUT2D eigenvalue weighted by atomic mass is 9.93. The molecule has 6 rings (SSSR count). The molecule has 0 unspecified atom stereocenters. The van der Waals surface area contributed by atoms with E-state index in [0.29, 0.717) is 29.6 Å². The molecule has 0 amide bonds. The van der Waals surface area contributed by atoms with E-state index in [0.717, 1.165) is 5.56 Å². The number of fused-ring (bicyclic) bond motifs is 2. The highest BCUT2D eigenvalue weighted by molar-refractivity contribution is 7.90. The number of pyridine rings is 1. The average molecular weight is 568 g/mol. The first-order valence-corrected chi connectivity index (χ1v) is 14.5. The van der Waals surface area contributed by atoms with Gasteiger partial charge in [-0.25, -0.2) is 16.8 Å². The Hall–Kier alpha value is -3.35. The number of β-amino-alcohol motifs (C(OH)–C–C–N with tert-alkyl or cyclic N) is 2. The third-order valence-corrected chi connectivity index (χ3v) is 9.78. The molecule has 2 aromatic carbocycles. The molecule has 0 radical (unpaired) electrons. The second-order valence-corrected chi connectivity index (χ2v) is 12.6. The Bertz CT molecular complexity index is 1660. The van der Waals surface area contributed by atoms with Crippen molar-refractivity contribution in [3.63, 3.8) is 0 Å². The topological polar surface area (TPSA) is 125 Å². The van der Waals surface area contributed by atoms with Crippen LogP contribution in [0.1, 0.15) is 23.8 Å². The van der Waals surface area contributed by atoms with Crippen LogP contribution in [-0.2, 0) is 10.0 Å². The first kappa shape index (κ1) is 26.9. The minimum absolute atomic E-state index is 0.0318. The van der Waals surface area contributed by atoms with Crippen LogP contribution in [0.25, 0.3) is 10.9 Å². The summed E-state index contributed by atoms with van der Waals surface area (Å²) in [7, 11) is -3.82. The van der Waals surface area contributed by atoms with Gasteiger partial charge in [0.15, 0.2) is 11.6 Å². The Morgan fingerprint density at radius 2 is 1.93 bits per heavy atom. The minimum Gasteiger partial charge on any atom is -0.485 e. The molecule has 2 aromatic heterocycles. The highest BCUT2D eigenvalue weighted by Gasteiger charge is 2.59. The largest absolute Gasteiger partial charge is 0.485 e. The van der Waals surface area contributed by atoms with Crippen molar-refractivity contribution in [2.75, 3.05) is 19.6 Å². The summed E-state index contributed by atoms with van der Waals surface area (Å²) in [5.41, 5.74) is 0.263. The van der Waals surface area contributed by atoms with Gasteiger partial charge in [0.2, 0.25) is 0 Å². The summed E-state index contributed by atoms with van der Waals surface area (Å²) in [5, 5.41) is 33.7. The van der Waals surface area contributed by atoms with E-state index in [1.54, 1.807) is 48.5 Å². The van der Waals surface area contributed by atoms with Crippen molar-refractivity contribution in [2.45, 2.75) is 42.2 Å². The Morgan fingerprint density at radius 1 is 1.18 bits per heavy atom. The van der Waals surface area contributed by atoms with E-state index < -0.39 is 39.8 Å². The molecule has 5 atom stereocenters. The van der Waals surface area contributed by atoms with Gasteiger partial charge in [0.25, 0.3) is 10.0 Å². The van der Waals surface area contributed by atoms with E-state index in [2.05, 4.69) is 4.98 Å². The van der Waals surface area contributed by atoms with Crippen LogP contribution in [0.15, 0.2) is 78.0 Å².